The maximum atomic E-state index is 12.4. The minimum Gasteiger partial charge on any atom is -0.490 e. The molecule has 0 aliphatic carbocycles. The lowest BCUT2D eigenvalue weighted by Crippen LogP contribution is -2.30. The summed E-state index contributed by atoms with van der Waals surface area (Å²) in [5.74, 6) is 1.24. The number of amides is 1. The van der Waals surface area contributed by atoms with Crippen molar-refractivity contribution in [2.75, 3.05) is 18.5 Å². The minimum absolute atomic E-state index is 0.0966. The number of rotatable bonds is 8. The van der Waals surface area contributed by atoms with Crippen LogP contribution in [-0.2, 0) is 11.2 Å². The van der Waals surface area contributed by atoms with Gasteiger partial charge in [-0.05, 0) is 77.7 Å². The van der Waals surface area contributed by atoms with E-state index in [4.69, 9.17) is 9.47 Å². The highest BCUT2D eigenvalue weighted by molar-refractivity contribution is 9.10. The van der Waals surface area contributed by atoms with Gasteiger partial charge in [0, 0.05) is 5.69 Å². The van der Waals surface area contributed by atoms with Gasteiger partial charge in [-0.1, -0.05) is 30.8 Å². The first-order valence-electron chi connectivity index (χ1n) is 9.67. The van der Waals surface area contributed by atoms with E-state index in [1.165, 1.54) is 17.3 Å². The van der Waals surface area contributed by atoms with E-state index in [0.29, 0.717) is 29.6 Å². The number of aryl methyl sites for hydroxylation is 1. The Hall–Kier alpha value is -2.12. The van der Waals surface area contributed by atoms with Gasteiger partial charge in [-0.25, -0.2) is 0 Å². The maximum Gasteiger partial charge on any atom is 0.260 e. The SMILES string of the molecule is CCOc1cc(/C=C2\S[C@H](Nc3ccc(CC)cc3)NC2=O)cc(Br)c1OCC. The predicted octanol–water partition coefficient (Wildman–Crippen LogP) is 5.41. The summed E-state index contributed by atoms with van der Waals surface area (Å²) >= 11 is 5.01. The van der Waals surface area contributed by atoms with Crippen molar-refractivity contribution < 1.29 is 14.3 Å². The lowest BCUT2D eigenvalue weighted by atomic mass is 10.1. The zero-order chi connectivity index (χ0) is 20.8. The van der Waals surface area contributed by atoms with Crippen LogP contribution in [0.5, 0.6) is 11.5 Å². The number of thioether (sulfide) groups is 1. The summed E-state index contributed by atoms with van der Waals surface area (Å²) in [6.45, 7) is 7.07. The van der Waals surface area contributed by atoms with E-state index < -0.39 is 0 Å². The van der Waals surface area contributed by atoms with E-state index in [1.54, 1.807) is 0 Å². The van der Waals surface area contributed by atoms with Gasteiger partial charge in [0.2, 0.25) is 0 Å². The van der Waals surface area contributed by atoms with Crippen molar-refractivity contribution in [3.05, 3.63) is 56.9 Å². The van der Waals surface area contributed by atoms with Crippen molar-refractivity contribution in [3.8, 4) is 11.5 Å². The second-order valence-electron chi connectivity index (χ2n) is 6.37. The normalized spacial score (nSPS) is 17.3. The summed E-state index contributed by atoms with van der Waals surface area (Å²) in [7, 11) is 0. The molecule has 0 aromatic heterocycles. The molecule has 0 saturated carbocycles. The zero-order valence-corrected chi connectivity index (χ0v) is 19.2. The fraction of sp³-hybridized carbons (Fsp3) is 0.318. The molecule has 2 aromatic rings. The number of hydrogen-bond acceptors (Lipinski definition) is 5. The first kappa shape index (κ1) is 21.6. The Bertz CT molecular complexity index is 900. The van der Waals surface area contributed by atoms with E-state index in [2.05, 4.69) is 45.6 Å². The smallest absolute Gasteiger partial charge is 0.260 e. The Labute approximate surface area is 184 Å². The van der Waals surface area contributed by atoms with Gasteiger partial charge in [0.05, 0.1) is 22.6 Å². The third-order valence-electron chi connectivity index (χ3n) is 4.31. The number of nitrogens with one attached hydrogen (secondary N) is 2. The van der Waals surface area contributed by atoms with Gasteiger partial charge in [0.15, 0.2) is 17.0 Å². The molecule has 154 valence electrons. The number of carbonyl (C=O) groups excluding carboxylic acids is 1. The van der Waals surface area contributed by atoms with Crippen molar-refractivity contribution in [1.29, 1.82) is 0 Å². The van der Waals surface area contributed by atoms with Gasteiger partial charge in [-0.15, -0.1) is 0 Å². The van der Waals surface area contributed by atoms with Crippen LogP contribution in [0.1, 0.15) is 31.9 Å². The highest BCUT2D eigenvalue weighted by Crippen LogP contribution is 2.38. The van der Waals surface area contributed by atoms with Gasteiger partial charge in [0.1, 0.15) is 0 Å². The number of ether oxygens (including phenoxy) is 2. The Morgan fingerprint density at radius 2 is 1.86 bits per heavy atom. The molecular weight excluding hydrogens is 452 g/mol. The van der Waals surface area contributed by atoms with Gasteiger partial charge >= 0.3 is 0 Å². The minimum atomic E-state index is -0.210. The molecule has 0 radical (unpaired) electrons. The highest BCUT2D eigenvalue weighted by Gasteiger charge is 2.27. The molecular formula is C22H25BrN2O3S. The van der Waals surface area contributed by atoms with Gasteiger partial charge in [-0.3, -0.25) is 4.79 Å². The molecule has 2 N–H and O–H groups in total. The zero-order valence-electron chi connectivity index (χ0n) is 16.8. The highest BCUT2D eigenvalue weighted by atomic mass is 79.9. The molecule has 7 heteroatoms. The summed E-state index contributed by atoms with van der Waals surface area (Å²) in [5.41, 5.74) is 2.92. The van der Waals surface area contributed by atoms with E-state index in [9.17, 15) is 4.79 Å². The van der Waals surface area contributed by atoms with Crippen molar-refractivity contribution in [2.24, 2.45) is 0 Å². The first-order chi connectivity index (χ1) is 14.0. The second-order valence-corrected chi connectivity index (χ2v) is 8.37. The first-order valence-corrected chi connectivity index (χ1v) is 11.3. The van der Waals surface area contributed by atoms with Crippen LogP contribution < -0.4 is 20.1 Å². The number of halogens is 1. The van der Waals surface area contributed by atoms with Gasteiger partial charge in [-0.2, -0.15) is 0 Å². The number of benzene rings is 2. The van der Waals surface area contributed by atoms with E-state index in [-0.39, 0.29) is 11.4 Å². The van der Waals surface area contributed by atoms with Crippen LogP contribution in [0.15, 0.2) is 45.8 Å². The molecule has 0 bridgehead atoms. The lowest BCUT2D eigenvalue weighted by molar-refractivity contribution is -0.116. The Morgan fingerprint density at radius 3 is 2.52 bits per heavy atom. The molecule has 1 aliphatic heterocycles. The van der Waals surface area contributed by atoms with Crippen LogP contribution in [0, 0.1) is 0 Å². The Balaban J connectivity index is 1.76. The largest absolute Gasteiger partial charge is 0.490 e. The molecule has 3 rings (SSSR count). The number of hydrogen-bond donors (Lipinski definition) is 2. The summed E-state index contributed by atoms with van der Waals surface area (Å²) in [5, 5.41) is 6.31. The molecule has 0 spiro atoms. The third-order valence-corrected chi connectivity index (χ3v) is 5.93. The molecule has 29 heavy (non-hydrogen) atoms. The summed E-state index contributed by atoms with van der Waals surface area (Å²) < 4.78 is 12.2. The summed E-state index contributed by atoms with van der Waals surface area (Å²) in [6, 6.07) is 12.1. The lowest BCUT2D eigenvalue weighted by Gasteiger charge is -2.14. The van der Waals surface area contributed by atoms with Crippen LogP contribution in [0.2, 0.25) is 0 Å². The molecule has 0 unspecified atom stereocenters. The maximum absolute atomic E-state index is 12.4. The molecule has 5 nitrogen and oxygen atoms in total. The molecule has 1 saturated heterocycles. The Kier molecular flexibility index (Phi) is 7.50. The fourth-order valence-electron chi connectivity index (χ4n) is 2.92. The van der Waals surface area contributed by atoms with Gasteiger partial charge < -0.3 is 20.1 Å². The van der Waals surface area contributed by atoms with Crippen LogP contribution in [0.25, 0.3) is 6.08 Å². The van der Waals surface area contributed by atoms with E-state index >= 15 is 0 Å². The van der Waals surface area contributed by atoms with Crippen LogP contribution in [-0.4, -0.2) is 24.6 Å². The molecule has 1 amide bonds. The average molecular weight is 477 g/mol. The predicted molar refractivity (Wildman–Crippen MR) is 123 cm³/mol. The molecule has 1 heterocycles. The second kappa shape index (κ2) is 10.1. The molecule has 1 aliphatic rings. The topological polar surface area (TPSA) is 59.6 Å². The van der Waals surface area contributed by atoms with Crippen LogP contribution in [0.4, 0.5) is 5.69 Å². The van der Waals surface area contributed by atoms with Crippen molar-refractivity contribution in [2.45, 2.75) is 32.7 Å². The third kappa shape index (κ3) is 5.48. The summed E-state index contributed by atoms with van der Waals surface area (Å²) in [6.07, 6.45) is 2.87. The fourth-order valence-corrected chi connectivity index (χ4v) is 4.48. The Morgan fingerprint density at radius 1 is 1.14 bits per heavy atom. The molecule has 1 fully saturated rings. The van der Waals surface area contributed by atoms with Gasteiger partial charge in [0.25, 0.3) is 5.91 Å². The van der Waals surface area contributed by atoms with Crippen molar-refractivity contribution >= 4 is 45.4 Å². The monoisotopic (exact) mass is 476 g/mol. The summed E-state index contributed by atoms with van der Waals surface area (Å²) in [4.78, 5) is 13.1. The number of carbonyl (C=O) groups is 1. The quantitative estimate of drug-likeness (QED) is 0.498. The number of anilines is 1. The van der Waals surface area contributed by atoms with Crippen LogP contribution >= 0.6 is 27.7 Å². The van der Waals surface area contributed by atoms with Crippen molar-refractivity contribution in [1.82, 2.24) is 5.32 Å². The van der Waals surface area contributed by atoms with E-state index in [1.807, 2.05) is 44.2 Å². The van der Waals surface area contributed by atoms with E-state index in [0.717, 1.165) is 22.1 Å². The standard InChI is InChI=1S/C22H25BrN2O3S/c1-4-14-7-9-16(10-8-14)24-22-25-21(26)19(29-22)13-15-11-17(23)20(28-6-3)18(12-15)27-5-2/h7-13,22,24H,4-6H2,1-3H3,(H,25,26)/b19-13-/t22-/m1/s1. The van der Waals surface area contributed by atoms with Crippen LogP contribution in [0.3, 0.4) is 0 Å². The molecule has 2 aromatic carbocycles. The van der Waals surface area contributed by atoms with Crippen molar-refractivity contribution in [3.63, 3.8) is 0 Å². The molecule has 1 atom stereocenters. The average Bonchev–Trinajstić information content (AvgIpc) is 3.04.